The molecule has 0 N–H and O–H groups in total. The highest BCUT2D eigenvalue weighted by atomic mass is 19.4. The molecule has 0 aliphatic heterocycles. The van der Waals surface area contributed by atoms with Crippen molar-refractivity contribution >= 4 is 6.29 Å². The second-order valence-electron chi connectivity index (χ2n) is 3.19. The molecule has 17 heavy (non-hydrogen) atoms. The van der Waals surface area contributed by atoms with Gasteiger partial charge in [0.25, 0.3) is 0 Å². The van der Waals surface area contributed by atoms with Gasteiger partial charge in [-0.25, -0.2) is 0 Å². The average Bonchev–Trinajstić information content (AvgIpc) is 2.77. The van der Waals surface area contributed by atoms with Crippen LogP contribution in [0.1, 0.15) is 16.1 Å². The molecule has 7 heteroatoms. The second-order valence-corrected chi connectivity index (χ2v) is 3.19. The Bertz CT molecular complexity index is 548. The molecule has 0 unspecified atom stereocenters. The van der Waals surface area contributed by atoms with Crippen LogP contribution in [0.5, 0.6) is 0 Å². The molecule has 0 aliphatic carbocycles. The van der Waals surface area contributed by atoms with Gasteiger partial charge in [0.05, 0.1) is 11.9 Å². The van der Waals surface area contributed by atoms with Crippen molar-refractivity contribution < 1.29 is 18.0 Å². The summed E-state index contributed by atoms with van der Waals surface area (Å²) in [5.41, 5.74) is -0.673. The molecule has 1 aromatic carbocycles. The minimum atomic E-state index is -4.55. The van der Waals surface area contributed by atoms with E-state index < -0.39 is 11.9 Å². The fraction of sp³-hybridized carbons (Fsp3) is 0.100. The number of hydrogen-bond acceptors (Lipinski definition) is 3. The van der Waals surface area contributed by atoms with Gasteiger partial charge in [0, 0.05) is 5.56 Å². The van der Waals surface area contributed by atoms with Crippen molar-refractivity contribution in [1.82, 2.24) is 15.0 Å². The van der Waals surface area contributed by atoms with Crippen molar-refractivity contribution in [2.24, 2.45) is 0 Å². The third-order valence-electron chi connectivity index (χ3n) is 2.06. The van der Waals surface area contributed by atoms with Crippen LogP contribution in [-0.4, -0.2) is 21.3 Å². The Balaban J connectivity index is 2.47. The molecule has 0 fully saturated rings. The summed E-state index contributed by atoms with van der Waals surface area (Å²) >= 11 is 0. The van der Waals surface area contributed by atoms with Crippen molar-refractivity contribution in [3.05, 3.63) is 41.7 Å². The quantitative estimate of drug-likeness (QED) is 0.756. The van der Waals surface area contributed by atoms with E-state index in [0.717, 1.165) is 4.80 Å². The summed E-state index contributed by atoms with van der Waals surface area (Å²) in [5.74, 6) is 0. The zero-order chi connectivity index (χ0) is 12.5. The fourth-order valence-corrected chi connectivity index (χ4v) is 1.28. The molecule has 2 aromatic rings. The van der Waals surface area contributed by atoms with Crippen LogP contribution in [0.4, 0.5) is 13.2 Å². The molecule has 0 spiro atoms. The summed E-state index contributed by atoms with van der Waals surface area (Å²) in [4.78, 5) is 11.5. The van der Waals surface area contributed by atoms with Crippen LogP contribution in [-0.2, 0) is 6.18 Å². The molecule has 88 valence electrons. The fourth-order valence-electron chi connectivity index (χ4n) is 1.28. The molecular formula is C10H6F3N3O. The number of aldehydes is 1. The van der Waals surface area contributed by atoms with E-state index >= 15 is 0 Å². The molecule has 0 aliphatic rings. The van der Waals surface area contributed by atoms with Crippen molar-refractivity contribution in [3.63, 3.8) is 0 Å². The highest BCUT2D eigenvalue weighted by Gasteiger charge is 2.34. The van der Waals surface area contributed by atoms with E-state index in [1.165, 1.54) is 12.1 Å². The van der Waals surface area contributed by atoms with Gasteiger partial charge in [-0.15, -0.1) is 5.10 Å². The second kappa shape index (κ2) is 4.00. The summed E-state index contributed by atoms with van der Waals surface area (Å²) < 4.78 is 36.9. The molecule has 2 rings (SSSR count). The zero-order valence-electron chi connectivity index (χ0n) is 8.35. The average molecular weight is 241 g/mol. The third kappa shape index (κ3) is 2.17. The Morgan fingerprint density at radius 1 is 1.24 bits per heavy atom. The smallest absolute Gasteiger partial charge is 0.298 e. The Morgan fingerprint density at radius 3 is 2.53 bits per heavy atom. The molecule has 1 heterocycles. The lowest BCUT2D eigenvalue weighted by Crippen LogP contribution is -2.08. The molecule has 1 aromatic heterocycles. The highest BCUT2D eigenvalue weighted by Crippen LogP contribution is 2.27. The summed E-state index contributed by atoms with van der Waals surface area (Å²) in [6.45, 7) is 0. The summed E-state index contributed by atoms with van der Waals surface area (Å²) in [6, 6.07) is 6.11. The minimum Gasteiger partial charge on any atom is -0.298 e. The lowest BCUT2D eigenvalue weighted by atomic mass is 10.2. The first-order chi connectivity index (χ1) is 8.02. The van der Waals surface area contributed by atoms with E-state index in [4.69, 9.17) is 0 Å². The Labute approximate surface area is 93.7 Å². The predicted octanol–water partition coefficient (Wildman–Crippen LogP) is 2.10. The van der Waals surface area contributed by atoms with E-state index in [1.54, 1.807) is 12.1 Å². The number of aromatic nitrogens is 3. The first-order valence-electron chi connectivity index (χ1n) is 4.56. The standard InChI is InChI=1S/C10H6F3N3O/c11-10(12,13)9-5-14-16(15-9)8-4-2-1-3-7(8)6-17/h1-6H. The lowest BCUT2D eigenvalue weighted by molar-refractivity contribution is -0.141. The highest BCUT2D eigenvalue weighted by molar-refractivity contribution is 5.80. The van der Waals surface area contributed by atoms with Gasteiger partial charge in [0.1, 0.15) is 0 Å². The first-order valence-corrected chi connectivity index (χ1v) is 4.56. The number of para-hydroxylation sites is 1. The number of rotatable bonds is 2. The summed E-state index contributed by atoms with van der Waals surface area (Å²) in [5, 5.41) is 6.77. The molecular weight excluding hydrogens is 235 g/mol. The number of halogens is 3. The Morgan fingerprint density at radius 2 is 1.94 bits per heavy atom. The van der Waals surface area contributed by atoms with Gasteiger partial charge in [0.15, 0.2) is 12.0 Å². The Kier molecular flexibility index (Phi) is 2.66. The number of carbonyl (C=O) groups is 1. The number of nitrogens with zero attached hydrogens (tertiary/aromatic N) is 3. The monoisotopic (exact) mass is 241 g/mol. The molecule has 0 saturated carbocycles. The van der Waals surface area contributed by atoms with Gasteiger partial charge in [-0.05, 0) is 12.1 Å². The molecule has 0 saturated heterocycles. The van der Waals surface area contributed by atoms with E-state index in [1.807, 2.05) is 0 Å². The Hall–Kier alpha value is -2.18. The first kappa shape index (κ1) is 11.3. The van der Waals surface area contributed by atoms with Crippen LogP contribution >= 0.6 is 0 Å². The van der Waals surface area contributed by atoms with E-state index in [9.17, 15) is 18.0 Å². The van der Waals surface area contributed by atoms with Crippen molar-refractivity contribution in [3.8, 4) is 5.69 Å². The molecule has 0 bridgehead atoms. The van der Waals surface area contributed by atoms with Gasteiger partial charge in [-0.1, -0.05) is 12.1 Å². The van der Waals surface area contributed by atoms with Crippen LogP contribution in [0.15, 0.2) is 30.5 Å². The van der Waals surface area contributed by atoms with Gasteiger partial charge in [-0.2, -0.15) is 23.1 Å². The third-order valence-corrected chi connectivity index (χ3v) is 2.06. The van der Waals surface area contributed by atoms with Crippen LogP contribution in [0, 0.1) is 0 Å². The topological polar surface area (TPSA) is 47.8 Å². The maximum atomic E-state index is 12.3. The lowest BCUT2D eigenvalue weighted by Gasteiger charge is -2.02. The van der Waals surface area contributed by atoms with Crippen LogP contribution in [0.25, 0.3) is 5.69 Å². The van der Waals surface area contributed by atoms with Gasteiger partial charge in [-0.3, -0.25) is 4.79 Å². The van der Waals surface area contributed by atoms with Crippen LogP contribution in [0.2, 0.25) is 0 Å². The van der Waals surface area contributed by atoms with Gasteiger partial charge in [0.2, 0.25) is 0 Å². The molecule has 0 radical (unpaired) electrons. The van der Waals surface area contributed by atoms with Crippen molar-refractivity contribution in [1.29, 1.82) is 0 Å². The normalized spacial score (nSPS) is 11.5. The molecule has 4 nitrogen and oxygen atoms in total. The number of carbonyl (C=O) groups excluding carboxylic acids is 1. The maximum Gasteiger partial charge on any atom is 0.436 e. The number of hydrogen-bond donors (Lipinski definition) is 0. The zero-order valence-corrected chi connectivity index (χ0v) is 8.35. The maximum absolute atomic E-state index is 12.3. The minimum absolute atomic E-state index is 0.206. The number of alkyl halides is 3. The van der Waals surface area contributed by atoms with Crippen LogP contribution < -0.4 is 0 Å². The van der Waals surface area contributed by atoms with E-state index in [-0.39, 0.29) is 11.3 Å². The molecule has 0 amide bonds. The molecule has 0 atom stereocenters. The van der Waals surface area contributed by atoms with Gasteiger partial charge >= 0.3 is 6.18 Å². The number of benzene rings is 1. The SMILES string of the molecule is O=Cc1ccccc1-n1ncc(C(F)(F)F)n1. The van der Waals surface area contributed by atoms with E-state index in [0.29, 0.717) is 12.5 Å². The van der Waals surface area contributed by atoms with Gasteiger partial charge < -0.3 is 0 Å². The van der Waals surface area contributed by atoms with E-state index in [2.05, 4.69) is 10.2 Å². The van der Waals surface area contributed by atoms with Crippen molar-refractivity contribution in [2.45, 2.75) is 6.18 Å². The van der Waals surface area contributed by atoms with Crippen molar-refractivity contribution in [2.75, 3.05) is 0 Å². The summed E-state index contributed by atoms with van der Waals surface area (Å²) in [6.07, 6.45) is -3.40. The predicted molar refractivity (Wildman–Crippen MR) is 51.7 cm³/mol. The van der Waals surface area contributed by atoms with Crippen LogP contribution in [0.3, 0.4) is 0 Å². The largest absolute Gasteiger partial charge is 0.436 e. The summed E-state index contributed by atoms with van der Waals surface area (Å²) in [7, 11) is 0.